The molecule has 0 aromatic heterocycles. The van der Waals surface area contributed by atoms with Gasteiger partial charge in [-0.3, -0.25) is 4.79 Å². The molecule has 1 aromatic rings. The van der Waals surface area contributed by atoms with E-state index in [1.807, 2.05) is 12.1 Å². The molecule has 1 heterocycles. The molecule has 0 atom stereocenters. The lowest BCUT2D eigenvalue weighted by atomic mass is 9.78. The maximum Gasteiger partial charge on any atom is 0.166 e. The first kappa shape index (κ1) is 10.0. The Kier molecular flexibility index (Phi) is 2.52. The molecule has 0 bridgehead atoms. The van der Waals surface area contributed by atoms with Crippen molar-refractivity contribution >= 4 is 5.78 Å². The molecule has 0 spiro atoms. The van der Waals surface area contributed by atoms with Crippen molar-refractivity contribution in [1.29, 1.82) is 0 Å². The number of nitrogens with one attached hydrogen (secondary N) is 1. The summed E-state index contributed by atoms with van der Waals surface area (Å²) < 4.78 is 0. The van der Waals surface area contributed by atoms with E-state index in [0.29, 0.717) is 11.7 Å². The minimum absolute atomic E-state index is 0.321. The maximum absolute atomic E-state index is 12.3. The Bertz CT molecular complexity index is 421. The van der Waals surface area contributed by atoms with E-state index < -0.39 is 0 Å². The summed E-state index contributed by atoms with van der Waals surface area (Å²) in [6, 6.07) is 6.18. The quantitative estimate of drug-likeness (QED) is 0.767. The molecule has 0 unspecified atom stereocenters. The van der Waals surface area contributed by atoms with E-state index in [0.717, 1.165) is 37.9 Å². The summed E-state index contributed by atoms with van der Waals surface area (Å²) in [7, 11) is 0. The summed E-state index contributed by atoms with van der Waals surface area (Å²) in [5.41, 5.74) is 3.62. The monoisotopic (exact) mass is 215 g/mol. The maximum atomic E-state index is 12.3. The largest absolute Gasteiger partial charge is 0.312 e. The SMILES string of the molecule is O=C(c1cccc2c1CCNC2)C1CCC1. The number of Topliss-reactive ketones (excluding diaryl/α,β-unsaturated/α-hetero) is 1. The van der Waals surface area contributed by atoms with E-state index in [1.165, 1.54) is 17.5 Å². The smallest absolute Gasteiger partial charge is 0.166 e. The van der Waals surface area contributed by atoms with Crippen molar-refractivity contribution in [3.8, 4) is 0 Å². The topological polar surface area (TPSA) is 29.1 Å². The van der Waals surface area contributed by atoms with Gasteiger partial charge in [-0.15, -0.1) is 0 Å². The molecule has 16 heavy (non-hydrogen) atoms. The molecule has 1 aliphatic heterocycles. The predicted octanol–water partition coefficient (Wildman–Crippen LogP) is 2.32. The number of carbonyl (C=O) groups excluding carboxylic acids is 1. The zero-order chi connectivity index (χ0) is 11.0. The summed E-state index contributed by atoms with van der Waals surface area (Å²) in [4.78, 5) is 12.3. The highest BCUT2D eigenvalue weighted by Crippen LogP contribution is 2.31. The number of rotatable bonds is 2. The van der Waals surface area contributed by atoms with E-state index in [-0.39, 0.29) is 0 Å². The first-order chi connectivity index (χ1) is 7.86. The third-order valence-electron chi connectivity index (χ3n) is 3.88. The van der Waals surface area contributed by atoms with E-state index in [1.54, 1.807) is 0 Å². The Balaban J connectivity index is 1.96. The second-order valence-electron chi connectivity index (χ2n) is 4.86. The highest BCUT2D eigenvalue weighted by atomic mass is 16.1. The molecule has 84 valence electrons. The van der Waals surface area contributed by atoms with Gasteiger partial charge in [-0.05, 0) is 36.9 Å². The third kappa shape index (κ3) is 1.57. The number of fused-ring (bicyclic) bond motifs is 1. The molecule has 1 N–H and O–H groups in total. The lowest BCUT2D eigenvalue weighted by molar-refractivity contribution is 0.0854. The molecule has 3 rings (SSSR count). The molecule has 0 radical (unpaired) electrons. The van der Waals surface area contributed by atoms with Crippen LogP contribution in [0, 0.1) is 5.92 Å². The Morgan fingerprint density at radius 1 is 1.31 bits per heavy atom. The average Bonchev–Trinajstić information content (AvgIpc) is 2.26. The van der Waals surface area contributed by atoms with Crippen LogP contribution < -0.4 is 5.32 Å². The molecule has 0 amide bonds. The van der Waals surface area contributed by atoms with Gasteiger partial charge >= 0.3 is 0 Å². The zero-order valence-corrected chi connectivity index (χ0v) is 9.46. The van der Waals surface area contributed by atoms with Crippen molar-refractivity contribution in [3.63, 3.8) is 0 Å². The van der Waals surface area contributed by atoms with Gasteiger partial charge in [-0.2, -0.15) is 0 Å². The van der Waals surface area contributed by atoms with Gasteiger partial charge in [0.15, 0.2) is 5.78 Å². The first-order valence-corrected chi connectivity index (χ1v) is 6.22. The van der Waals surface area contributed by atoms with Gasteiger partial charge in [0.1, 0.15) is 0 Å². The Morgan fingerprint density at radius 2 is 2.19 bits per heavy atom. The summed E-state index contributed by atoms with van der Waals surface area (Å²) in [5, 5.41) is 3.35. The molecule has 2 heteroatoms. The van der Waals surface area contributed by atoms with Crippen LogP contribution in [0.3, 0.4) is 0 Å². The third-order valence-corrected chi connectivity index (χ3v) is 3.88. The van der Waals surface area contributed by atoms with Crippen molar-refractivity contribution < 1.29 is 4.79 Å². The summed E-state index contributed by atoms with van der Waals surface area (Å²) in [5.74, 6) is 0.714. The molecular formula is C14H17NO. The van der Waals surface area contributed by atoms with Crippen molar-refractivity contribution in [2.45, 2.75) is 32.2 Å². The van der Waals surface area contributed by atoms with Crippen molar-refractivity contribution in [2.75, 3.05) is 6.54 Å². The standard InChI is InChI=1S/C14H17NO/c16-14(10-3-1-4-10)13-6-2-5-11-9-15-8-7-12(11)13/h2,5-6,10,15H,1,3-4,7-9H2. The zero-order valence-electron chi connectivity index (χ0n) is 9.46. The number of hydrogen-bond donors (Lipinski definition) is 1. The minimum atomic E-state index is 0.321. The highest BCUT2D eigenvalue weighted by molar-refractivity contribution is 6.00. The highest BCUT2D eigenvalue weighted by Gasteiger charge is 2.28. The summed E-state index contributed by atoms with van der Waals surface area (Å²) in [6.07, 6.45) is 4.43. The van der Waals surface area contributed by atoms with E-state index in [9.17, 15) is 4.79 Å². The first-order valence-electron chi connectivity index (χ1n) is 6.22. The number of hydrogen-bond acceptors (Lipinski definition) is 2. The van der Waals surface area contributed by atoms with Crippen molar-refractivity contribution in [1.82, 2.24) is 5.32 Å². The molecule has 1 fully saturated rings. The van der Waals surface area contributed by atoms with Crippen molar-refractivity contribution in [3.05, 3.63) is 34.9 Å². The van der Waals surface area contributed by atoms with Gasteiger partial charge in [0.05, 0.1) is 0 Å². The molecule has 0 saturated heterocycles. The number of benzene rings is 1. The summed E-state index contributed by atoms with van der Waals surface area (Å²) in [6.45, 7) is 1.92. The van der Waals surface area contributed by atoms with Crippen LogP contribution in [0.4, 0.5) is 0 Å². The second kappa shape index (κ2) is 4.02. The average molecular weight is 215 g/mol. The normalized spacial score (nSPS) is 20.0. The lowest BCUT2D eigenvalue weighted by Gasteiger charge is -2.26. The van der Waals surface area contributed by atoms with Gasteiger partial charge < -0.3 is 5.32 Å². The fraction of sp³-hybridized carbons (Fsp3) is 0.500. The van der Waals surface area contributed by atoms with E-state index in [4.69, 9.17) is 0 Å². The Hall–Kier alpha value is -1.15. The Morgan fingerprint density at radius 3 is 2.94 bits per heavy atom. The predicted molar refractivity (Wildman–Crippen MR) is 63.5 cm³/mol. The van der Waals surface area contributed by atoms with Crippen LogP contribution >= 0.6 is 0 Å². The van der Waals surface area contributed by atoms with Crippen molar-refractivity contribution in [2.24, 2.45) is 5.92 Å². The lowest BCUT2D eigenvalue weighted by Crippen LogP contribution is -2.28. The van der Waals surface area contributed by atoms with E-state index in [2.05, 4.69) is 11.4 Å². The summed E-state index contributed by atoms with van der Waals surface area (Å²) >= 11 is 0. The van der Waals surface area contributed by atoms with Crippen LogP contribution in [0.15, 0.2) is 18.2 Å². The van der Waals surface area contributed by atoms with Gasteiger partial charge in [0, 0.05) is 18.0 Å². The van der Waals surface area contributed by atoms with Crippen LogP contribution in [0.5, 0.6) is 0 Å². The van der Waals surface area contributed by atoms with Gasteiger partial charge in [-0.1, -0.05) is 24.6 Å². The van der Waals surface area contributed by atoms with Gasteiger partial charge in [-0.25, -0.2) is 0 Å². The second-order valence-corrected chi connectivity index (χ2v) is 4.86. The molecule has 2 nitrogen and oxygen atoms in total. The fourth-order valence-corrected chi connectivity index (χ4v) is 2.65. The molecular weight excluding hydrogens is 198 g/mol. The van der Waals surface area contributed by atoms with Crippen LogP contribution in [0.25, 0.3) is 0 Å². The number of carbonyl (C=O) groups is 1. The van der Waals surface area contributed by atoms with Crippen LogP contribution in [-0.2, 0) is 13.0 Å². The number of ketones is 1. The molecule has 2 aliphatic rings. The molecule has 1 aliphatic carbocycles. The van der Waals surface area contributed by atoms with Crippen LogP contribution in [0.2, 0.25) is 0 Å². The molecule has 1 saturated carbocycles. The Labute approximate surface area is 96.1 Å². The van der Waals surface area contributed by atoms with Gasteiger partial charge in [0.2, 0.25) is 0 Å². The molecule has 1 aromatic carbocycles. The van der Waals surface area contributed by atoms with Gasteiger partial charge in [0.25, 0.3) is 0 Å². The van der Waals surface area contributed by atoms with Crippen LogP contribution in [0.1, 0.15) is 40.7 Å². The minimum Gasteiger partial charge on any atom is -0.312 e. The van der Waals surface area contributed by atoms with Crippen LogP contribution in [-0.4, -0.2) is 12.3 Å². The fourth-order valence-electron chi connectivity index (χ4n) is 2.65. The van der Waals surface area contributed by atoms with E-state index >= 15 is 0 Å².